The maximum Gasteiger partial charge on any atom is 0.170 e. The molecule has 0 radical (unpaired) electrons. The van der Waals surface area contributed by atoms with Crippen molar-refractivity contribution in [3.8, 4) is 50.0 Å². The molecule has 0 amide bonds. The van der Waals surface area contributed by atoms with E-state index >= 15 is 0 Å². The summed E-state index contributed by atoms with van der Waals surface area (Å²) in [5, 5.41) is 19.4. The van der Waals surface area contributed by atoms with E-state index in [1.165, 1.54) is 18.6 Å². The SMILES string of the molecule is CCc1sc(-c2cc(C)on2)nc1-c1ccc(CC(=O)c2cncc(C#N)c2C)nc1.CCc1sc(-c2cc(C)on2)nc1-c1ccc(CC(=O)c2cncc(Cl)c2C)nc1. The highest BCUT2D eigenvalue weighted by Crippen LogP contribution is 2.35. The van der Waals surface area contributed by atoms with Crippen LogP contribution in [0.3, 0.4) is 0 Å². The van der Waals surface area contributed by atoms with Crippen LogP contribution in [0.4, 0.5) is 0 Å². The fourth-order valence-electron chi connectivity index (χ4n) is 6.34. The Morgan fingerprint density at radius 2 is 1.15 bits per heavy atom. The zero-order valence-electron chi connectivity index (χ0n) is 34.1. The van der Waals surface area contributed by atoms with Gasteiger partial charge in [-0.3, -0.25) is 29.5 Å². The van der Waals surface area contributed by atoms with E-state index in [1.54, 1.807) is 48.2 Å². The van der Waals surface area contributed by atoms with Crippen molar-refractivity contribution in [3.05, 3.63) is 139 Å². The molecule has 8 heterocycles. The van der Waals surface area contributed by atoms with Gasteiger partial charge >= 0.3 is 0 Å². The first-order valence-electron chi connectivity index (χ1n) is 19.2. The summed E-state index contributed by atoms with van der Waals surface area (Å²) in [5.41, 5.74) is 9.10. The van der Waals surface area contributed by atoms with E-state index in [9.17, 15) is 9.59 Å². The molecule has 8 aromatic heterocycles. The highest BCUT2D eigenvalue weighted by molar-refractivity contribution is 7.15. The van der Waals surface area contributed by atoms with Crippen LogP contribution in [-0.4, -0.2) is 51.8 Å². The van der Waals surface area contributed by atoms with E-state index in [-0.39, 0.29) is 24.4 Å². The molecule has 16 heteroatoms. The number of Topliss-reactive ketones (excluding diaryl/α,β-unsaturated/α-hetero) is 2. The molecule has 0 unspecified atom stereocenters. The maximum absolute atomic E-state index is 12.7. The van der Waals surface area contributed by atoms with Gasteiger partial charge in [-0.25, -0.2) is 9.97 Å². The molecule has 13 nitrogen and oxygen atoms in total. The van der Waals surface area contributed by atoms with Gasteiger partial charge < -0.3 is 9.05 Å². The van der Waals surface area contributed by atoms with Crippen molar-refractivity contribution >= 4 is 45.8 Å². The third kappa shape index (κ3) is 9.57. The molecule has 0 fully saturated rings. The molecule has 8 aromatic rings. The molecule has 0 aliphatic carbocycles. The summed E-state index contributed by atoms with van der Waals surface area (Å²) >= 11 is 9.27. The molecule has 0 N–H and O–H groups in total. The van der Waals surface area contributed by atoms with Crippen LogP contribution < -0.4 is 0 Å². The Morgan fingerprint density at radius 1 is 0.672 bits per heavy atom. The van der Waals surface area contributed by atoms with Crippen molar-refractivity contribution in [2.24, 2.45) is 0 Å². The Balaban J connectivity index is 0.000000184. The molecular formula is C45H38ClN9O4S2. The van der Waals surface area contributed by atoms with Gasteiger partial charge in [0.2, 0.25) is 0 Å². The summed E-state index contributed by atoms with van der Waals surface area (Å²) in [6.45, 7) is 11.5. The van der Waals surface area contributed by atoms with E-state index in [0.29, 0.717) is 38.7 Å². The van der Waals surface area contributed by atoms with Gasteiger partial charge in [0.25, 0.3) is 0 Å². The number of carbonyl (C=O) groups excluding carboxylic acids is 2. The number of pyridine rings is 4. The fourth-order valence-corrected chi connectivity index (χ4v) is 8.45. The molecule has 0 atom stereocenters. The minimum absolute atomic E-state index is 0.0608. The second kappa shape index (κ2) is 18.8. The van der Waals surface area contributed by atoms with Crippen LogP contribution in [0.5, 0.6) is 0 Å². The zero-order chi connectivity index (χ0) is 43.2. The van der Waals surface area contributed by atoms with Gasteiger partial charge in [-0.05, 0) is 75.9 Å². The lowest BCUT2D eigenvalue weighted by Gasteiger charge is -2.06. The van der Waals surface area contributed by atoms with Crippen molar-refractivity contribution in [2.75, 3.05) is 0 Å². The number of hydrogen-bond acceptors (Lipinski definition) is 15. The Kier molecular flexibility index (Phi) is 13.1. The Labute approximate surface area is 364 Å². The number of aryl methyl sites for hydroxylation is 4. The molecule has 0 saturated heterocycles. The van der Waals surface area contributed by atoms with Crippen LogP contribution in [0.2, 0.25) is 5.02 Å². The average molecular weight is 868 g/mol. The van der Waals surface area contributed by atoms with Crippen molar-refractivity contribution < 1.29 is 18.6 Å². The normalized spacial score (nSPS) is 10.9. The lowest BCUT2D eigenvalue weighted by Crippen LogP contribution is -2.08. The van der Waals surface area contributed by atoms with Gasteiger partial charge in [0.1, 0.15) is 39.0 Å². The first-order valence-corrected chi connectivity index (χ1v) is 21.3. The van der Waals surface area contributed by atoms with Crippen LogP contribution in [0.25, 0.3) is 43.9 Å². The maximum atomic E-state index is 12.7. The van der Waals surface area contributed by atoms with Crippen LogP contribution in [-0.2, 0) is 25.7 Å². The van der Waals surface area contributed by atoms with Gasteiger partial charge in [0, 0.05) is 92.7 Å². The molecule has 0 aliphatic heterocycles. The van der Waals surface area contributed by atoms with E-state index in [1.807, 2.05) is 57.2 Å². The number of hydrogen-bond donors (Lipinski definition) is 0. The Bertz CT molecular complexity index is 2910. The lowest BCUT2D eigenvalue weighted by atomic mass is 10.0. The smallest absolute Gasteiger partial charge is 0.170 e. The van der Waals surface area contributed by atoms with Crippen LogP contribution in [0.1, 0.15) is 83.9 Å². The third-order valence-electron chi connectivity index (χ3n) is 9.70. The first kappa shape index (κ1) is 42.5. The van der Waals surface area contributed by atoms with Gasteiger partial charge in [-0.15, -0.1) is 22.7 Å². The standard InChI is InChI=1S/C23H19N5O2S.C22H19ClN4O2S/c1-4-21-22(27-23(31-21)19-7-13(2)30-28-19)15-5-6-17(26-11-15)8-20(29)18-12-25-10-16(9-24)14(18)3;1-4-20-21(26-22(30-20)18-7-12(2)29-27-18)14-5-6-15(25-9-14)8-19(28)16-10-24-11-17(23)13(16)3/h5-7,10-12H,4,8H2,1-3H3;5-7,9-11H,4,8H2,1-3H3. The third-order valence-corrected chi connectivity index (χ3v) is 12.5. The topological polar surface area (TPSA) is 187 Å². The van der Waals surface area contributed by atoms with E-state index in [4.69, 9.17) is 35.9 Å². The van der Waals surface area contributed by atoms with Crippen molar-refractivity contribution in [2.45, 2.75) is 67.2 Å². The van der Waals surface area contributed by atoms with Crippen molar-refractivity contribution in [1.82, 2.24) is 40.2 Å². The van der Waals surface area contributed by atoms with Crippen molar-refractivity contribution in [3.63, 3.8) is 0 Å². The highest BCUT2D eigenvalue weighted by atomic mass is 35.5. The van der Waals surface area contributed by atoms with E-state index < -0.39 is 0 Å². The number of nitriles is 1. The van der Waals surface area contributed by atoms with Gasteiger partial charge in [-0.1, -0.05) is 35.8 Å². The van der Waals surface area contributed by atoms with Crippen LogP contribution in [0.15, 0.2) is 82.6 Å². The number of thiazole rings is 2. The van der Waals surface area contributed by atoms with Gasteiger partial charge in [-0.2, -0.15) is 5.26 Å². The second-order valence-electron chi connectivity index (χ2n) is 14.0. The van der Waals surface area contributed by atoms with Gasteiger partial charge in [0.05, 0.1) is 34.8 Å². The fraction of sp³-hybridized carbons (Fsp3) is 0.222. The summed E-state index contributed by atoms with van der Waals surface area (Å²) in [4.78, 5) is 54.1. The number of ketones is 2. The minimum Gasteiger partial charge on any atom is -0.361 e. The molecule has 0 aromatic carbocycles. The van der Waals surface area contributed by atoms with E-state index in [0.717, 1.165) is 83.6 Å². The summed E-state index contributed by atoms with van der Waals surface area (Å²) in [6.07, 6.45) is 11.6. The molecule has 306 valence electrons. The second-order valence-corrected chi connectivity index (χ2v) is 16.6. The zero-order valence-corrected chi connectivity index (χ0v) is 36.5. The Hall–Kier alpha value is -6.60. The van der Waals surface area contributed by atoms with Gasteiger partial charge in [0.15, 0.2) is 11.6 Å². The first-order chi connectivity index (χ1) is 29.5. The average Bonchev–Trinajstić information content (AvgIpc) is 4.09. The summed E-state index contributed by atoms with van der Waals surface area (Å²) in [7, 11) is 0. The quantitative estimate of drug-likeness (QED) is 0.106. The number of carbonyl (C=O) groups is 2. The number of nitrogens with zero attached hydrogens (tertiary/aromatic N) is 9. The van der Waals surface area contributed by atoms with Crippen LogP contribution >= 0.6 is 34.3 Å². The number of aromatic nitrogens is 8. The lowest BCUT2D eigenvalue weighted by molar-refractivity contribution is 0.0982. The molecule has 0 spiro atoms. The van der Waals surface area contributed by atoms with Crippen molar-refractivity contribution in [1.29, 1.82) is 5.26 Å². The number of halogens is 1. The summed E-state index contributed by atoms with van der Waals surface area (Å²) < 4.78 is 10.3. The molecule has 0 bridgehead atoms. The largest absolute Gasteiger partial charge is 0.361 e. The minimum atomic E-state index is -0.117. The molecule has 0 saturated carbocycles. The predicted molar refractivity (Wildman–Crippen MR) is 234 cm³/mol. The monoisotopic (exact) mass is 867 g/mol. The summed E-state index contributed by atoms with van der Waals surface area (Å²) in [6, 6.07) is 13.4. The van der Waals surface area contributed by atoms with Crippen LogP contribution in [0, 0.1) is 39.0 Å². The molecule has 8 rings (SSSR count). The van der Waals surface area contributed by atoms with E-state index in [2.05, 4.69) is 50.2 Å². The highest BCUT2D eigenvalue weighted by Gasteiger charge is 2.20. The summed E-state index contributed by atoms with van der Waals surface area (Å²) in [5.74, 6) is 1.31. The number of rotatable bonds is 12. The molecule has 0 aliphatic rings. The molecule has 61 heavy (non-hydrogen) atoms. The predicted octanol–water partition coefficient (Wildman–Crippen LogP) is 10.2. The molecular weight excluding hydrogens is 830 g/mol. The Morgan fingerprint density at radius 3 is 1.56 bits per heavy atom.